The molecule has 0 amide bonds. The lowest BCUT2D eigenvalue weighted by Crippen LogP contribution is -2.56. The molecule has 0 bridgehead atoms. The van der Waals surface area contributed by atoms with Gasteiger partial charge in [-0.05, 0) is 60.9 Å². The minimum atomic E-state index is 0.189. The predicted octanol–water partition coefficient (Wildman–Crippen LogP) is 3.37. The van der Waals surface area contributed by atoms with Gasteiger partial charge >= 0.3 is 0 Å². The molecule has 110 valence electrons. The van der Waals surface area contributed by atoms with Crippen LogP contribution in [0.3, 0.4) is 0 Å². The first-order valence-electron chi connectivity index (χ1n) is 7.67. The smallest absolute Gasteiger partial charge is 0.0375 e. The Morgan fingerprint density at radius 1 is 1.25 bits per heavy atom. The standard InChI is InChI=1S/C17H25BrN2/c1-16(2)7-8-20(12-16)17(11-19)6-5-13-9-15(18)4-3-14(13)10-17/h3-4,9H,5-8,10-12,19H2,1-2H3. The Morgan fingerprint density at radius 2 is 2.05 bits per heavy atom. The molecule has 1 saturated heterocycles. The van der Waals surface area contributed by atoms with E-state index < -0.39 is 0 Å². The Kier molecular flexibility index (Phi) is 3.72. The van der Waals surface area contributed by atoms with E-state index in [1.807, 2.05) is 0 Å². The summed E-state index contributed by atoms with van der Waals surface area (Å²) in [6, 6.07) is 6.73. The fourth-order valence-corrected chi connectivity index (χ4v) is 4.31. The monoisotopic (exact) mass is 336 g/mol. The number of hydrogen-bond acceptors (Lipinski definition) is 2. The zero-order chi connectivity index (χ0) is 14.4. The average molecular weight is 337 g/mol. The van der Waals surface area contributed by atoms with Gasteiger partial charge in [0.25, 0.3) is 0 Å². The maximum absolute atomic E-state index is 6.24. The van der Waals surface area contributed by atoms with Crippen molar-refractivity contribution in [1.29, 1.82) is 0 Å². The highest BCUT2D eigenvalue weighted by atomic mass is 79.9. The number of hydrogen-bond donors (Lipinski definition) is 1. The molecule has 0 radical (unpaired) electrons. The van der Waals surface area contributed by atoms with Gasteiger partial charge in [-0.15, -0.1) is 0 Å². The Balaban J connectivity index is 1.87. The van der Waals surface area contributed by atoms with Crippen molar-refractivity contribution >= 4 is 15.9 Å². The zero-order valence-corrected chi connectivity index (χ0v) is 14.2. The van der Waals surface area contributed by atoms with Crippen molar-refractivity contribution in [1.82, 2.24) is 4.90 Å². The van der Waals surface area contributed by atoms with Crippen LogP contribution in [0.2, 0.25) is 0 Å². The largest absolute Gasteiger partial charge is 0.329 e. The molecule has 0 saturated carbocycles. The van der Waals surface area contributed by atoms with E-state index >= 15 is 0 Å². The van der Waals surface area contributed by atoms with Crippen LogP contribution in [0.25, 0.3) is 0 Å². The quantitative estimate of drug-likeness (QED) is 0.897. The summed E-state index contributed by atoms with van der Waals surface area (Å²) in [7, 11) is 0. The van der Waals surface area contributed by atoms with Gasteiger partial charge in [-0.3, -0.25) is 4.90 Å². The lowest BCUT2D eigenvalue weighted by Gasteiger charge is -2.45. The molecule has 1 aromatic rings. The number of nitrogens with two attached hydrogens (primary N) is 1. The summed E-state index contributed by atoms with van der Waals surface area (Å²) in [6.45, 7) is 7.93. The highest BCUT2D eigenvalue weighted by molar-refractivity contribution is 9.10. The van der Waals surface area contributed by atoms with Crippen molar-refractivity contribution in [3.63, 3.8) is 0 Å². The summed E-state index contributed by atoms with van der Waals surface area (Å²) in [6.07, 6.45) is 4.76. The molecule has 1 aromatic carbocycles. The number of aryl methyl sites for hydroxylation is 1. The second-order valence-electron chi connectivity index (χ2n) is 7.35. The molecule has 1 fully saturated rings. The molecule has 2 aliphatic rings. The molecule has 0 aromatic heterocycles. The van der Waals surface area contributed by atoms with E-state index in [0.29, 0.717) is 5.41 Å². The molecule has 2 nitrogen and oxygen atoms in total. The van der Waals surface area contributed by atoms with Gasteiger partial charge in [0.1, 0.15) is 0 Å². The summed E-state index contributed by atoms with van der Waals surface area (Å²) in [4.78, 5) is 2.68. The summed E-state index contributed by atoms with van der Waals surface area (Å²) in [5.41, 5.74) is 9.88. The SMILES string of the molecule is CC1(C)CCN(C2(CN)CCc3cc(Br)ccc3C2)C1. The number of fused-ring (bicyclic) bond motifs is 1. The third-order valence-electron chi connectivity index (χ3n) is 5.28. The fourth-order valence-electron chi connectivity index (χ4n) is 3.90. The fraction of sp³-hybridized carbons (Fsp3) is 0.647. The van der Waals surface area contributed by atoms with Gasteiger partial charge in [0.2, 0.25) is 0 Å². The number of benzene rings is 1. The third kappa shape index (κ3) is 2.56. The van der Waals surface area contributed by atoms with Crippen molar-refractivity contribution in [3.05, 3.63) is 33.8 Å². The molecular weight excluding hydrogens is 312 g/mol. The number of likely N-dealkylation sites (tertiary alicyclic amines) is 1. The Bertz CT molecular complexity index is 512. The van der Waals surface area contributed by atoms with Crippen LogP contribution in [-0.4, -0.2) is 30.1 Å². The van der Waals surface area contributed by atoms with Gasteiger partial charge in [0, 0.05) is 23.1 Å². The van der Waals surface area contributed by atoms with Crippen molar-refractivity contribution in [3.8, 4) is 0 Å². The molecule has 1 heterocycles. The normalized spacial score (nSPS) is 29.4. The predicted molar refractivity (Wildman–Crippen MR) is 87.9 cm³/mol. The summed E-state index contributed by atoms with van der Waals surface area (Å²) >= 11 is 3.58. The maximum atomic E-state index is 6.24. The Hall–Kier alpha value is -0.380. The molecule has 3 heteroatoms. The minimum Gasteiger partial charge on any atom is -0.329 e. The van der Waals surface area contributed by atoms with Crippen LogP contribution in [-0.2, 0) is 12.8 Å². The molecule has 3 rings (SSSR count). The molecule has 1 atom stereocenters. The van der Waals surface area contributed by atoms with Crippen LogP contribution in [0.4, 0.5) is 0 Å². The molecule has 1 aliphatic carbocycles. The van der Waals surface area contributed by atoms with Crippen molar-refractivity contribution in [2.75, 3.05) is 19.6 Å². The zero-order valence-electron chi connectivity index (χ0n) is 12.6. The van der Waals surface area contributed by atoms with Gasteiger partial charge in [-0.1, -0.05) is 35.8 Å². The number of nitrogens with zero attached hydrogens (tertiary/aromatic N) is 1. The maximum Gasteiger partial charge on any atom is 0.0375 e. The van der Waals surface area contributed by atoms with E-state index in [1.165, 1.54) is 41.5 Å². The third-order valence-corrected chi connectivity index (χ3v) is 5.77. The summed E-state index contributed by atoms with van der Waals surface area (Å²) < 4.78 is 1.19. The second-order valence-corrected chi connectivity index (χ2v) is 8.27. The van der Waals surface area contributed by atoms with Crippen molar-refractivity contribution < 1.29 is 0 Å². The first-order chi connectivity index (χ1) is 9.44. The first kappa shape index (κ1) is 14.6. The molecule has 20 heavy (non-hydrogen) atoms. The molecule has 2 N–H and O–H groups in total. The lowest BCUT2D eigenvalue weighted by molar-refractivity contribution is 0.0952. The second kappa shape index (κ2) is 5.11. The van der Waals surface area contributed by atoms with E-state index in [4.69, 9.17) is 5.73 Å². The van der Waals surface area contributed by atoms with Crippen molar-refractivity contribution in [2.45, 2.75) is 45.1 Å². The lowest BCUT2D eigenvalue weighted by atomic mass is 9.76. The van der Waals surface area contributed by atoms with Gasteiger partial charge in [0.05, 0.1) is 0 Å². The Labute approximate surface area is 130 Å². The molecule has 1 unspecified atom stereocenters. The summed E-state index contributed by atoms with van der Waals surface area (Å²) in [5.74, 6) is 0. The van der Waals surface area contributed by atoms with Gasteiger partial charge in [-0.2, -0.15) is 0 Å². The average Bonchev–Trinajstić information content (AvgIpc) is 2.79. The van der Waals surface area contributed by atoms with E-state index in [1.54, 1.807) is 0 Å². The molecule has 1 aliphatic heterocycles. The van der Waals surface area contributed by atoms with E-state index in [9.17, 15) is 0 Å². The topological polar surface area (TPSA) is 29.3 Å². The van der Waals surface area contributed by atoms with Gasteiger partial charge in [0.15, 0.2) is 0 Å². The van der Waals surface area contributed by atoms with Gasteiger partial charge in [-0.25, -0.2) is 0 Å². The van der Waals surface area contributed by atoms with Crippen LogP contribution < -0.4 is 5.73 Å². The minimum absolute atomic E-state index is 0.189. The highest BCUT2D eigenvalue weighted by Gasteiger charge is 2.43. The van der Waals surface area contributed by atoms with Crippen LogP contribution in [0, 0.1) is 5.41 Å². The highest BCUT2D eigenvalue weighted by Crippen LogP contribution is 2.40. The molecule has 0 spiro atoms. The van der Waals surface area contributed by atoms with Crippen LogP contribution in [0.1, 0.15) is 37.8 Å². The molecular formula is C17H25BrN2. The van der Waals surface area contributed by atoms with Crippen molar-refractivity contribution in [2.24, 2.45) is 11.1 Å². The van der Waals surface area contributed by atoms with Crippen LogP contribution in [0.5, 0.6) is 0 Å². The Morgan fingerprint density at radius 3 is 2.70 bits per heavy atom. The summed E-state index contributed by atoms with van der Waals surface area (Å²) in [5, 5.41) is 0. The van der Waals surface area contributed by atoms with E-state index in [-0.39, 0.29) is 5.54 Å². The number of halogens is 1. The van der Waals surface area contributed by atoms with E-state index in [2.05, 4.69) is 52.9 Å². The van der Waals surface area contributed by atoms with Gasteiger partial charge < -0.3 is 5.73 Å². The van der Waals surface area contributed by atoms with E-state index in [0.717, 1.165) is 19.4 Å². The van der Waals surface area contributed by atoms with Crippen LogP contribution in [0.15, 0.2) is 22.7 Å². The van der Waals surface area contributed by atoms with Crippen LogP contribution >= 0.6 is 15.9 Å². The number of rotatable bonds is 2. The first-order valence-corrected chi connectivity index (χ1v) is 8.46.